The summed E-state index contributed by atoms with van der Waals surface area (Å²) in [4.78, 5) is 42.7. The molecule has 0 aliphatic rings. The molecule has 7 nitrogen and oxygen atoms in total. The van der Waals surface area contributed by atoms with Gasteiger partial charge in [-0.05, 0) is 31.0 Å². The Morgan fingerprint density at radius 2 is 1.33 bits per heavy atom. The Kier molecular flexibility index (Phi) is 8.11. The van der Waals surface area contributed by atoms with Crippen molar-refractivity contribution >= 4 is 24.8 Å². The molecule has 2 N–H and O–H groups in total. The van der Waals surface area contributed by atoms with Crippen molar-refractivity contribution in [1.29, 1.82) is 0 Å². The molecule has 134 valence electrons. The number of unbranched alkanes of at least 4 members (excludes halogenated alkanes) is 2. The van der Waals surface area contributed by atoms with Crippen LogP contribution in [0, 0.1) is 0 Å². The van der Waals surface area contributed by atoms with Crippen LogP contribution in [0.15, 0.2) is 18.2 Å². The summed E-state index contributed by atoms with van der Waals surface area (Å²) < 4.78 is 21.5. The Morgan fingerprint density at radius 1 is 0.917 bits per heavy atom. The molecular formula is C16H23O7P. The average molecular weight is 358 g/mol. The zero-order chi connectivity index (χ0) is 18.2. The lowest BCUT2D eigenvalue weighted by molar-refractivity contribution is 0.0498. The summed E-state index contributed by atoms with van der Waals surface area (Å²) in [6.45, 7) is 4.27. The van der Waals surface area contributed by atoms with E-state index in [1.165, 1.54) is 6.07 Å². The van der Waals surface area contributed by atoms with Gasteiger partial charge < -0.3 is 19.3 Å². The van der Waals surface area contributed by atoms with E-state index in [9.17, 15) is 23.9 Å². The second kappa shape index (κ2) is 9.57. The maximum absolute atomic E-state index is 12.0. The zero-order valence-corrected chi connectivity index (χ0v) is 14.8. The quantitative estimate of drug-likeness (QED) is 0.396. The van der Waals surface area contributed by atoms with Crippen LogP contribution in [0.3, 0.4) is 0 Å². The van der Waals surface area contributed by atoms with Crippen LogP contribution in [-0.4, -0.2) is 34.9 Å². The second-order valence-electron chi connectivity index (χ2n) is 5.29. The Hall–Kier alpha value is -1.69. The summed E-state index contributed by atoms with van der Waals surface area (Å²) >= 11 is 0. The highest BCUT2D eigenvalue weighted by Crippen LogP contribution is 2.34. The Morgan fingerprint density at radius 3 is 1.67 bits per heavy atom. The summed E-state index contributed by atoms with van der Waals surface area (Å²) in [7, 11) is -4.63. The van der Waals surface area contributed by atoms with Crippen LogP contribution in [0.25, 0.3) is 0 Å². The molecule has 0 amide bonds. The van der Waals surface area contributed by atoms with Crippen LogP contribution in [0.4, 0.5) is 0 Å². The van der Waals surface area contributed by atoms with E-state index in [2.05, 4.69) is 0 Å². The molecule has 0 aliphatic carbocycles. The van der Waals surface area contributed by atoms with Crippen molar-refractivity contribution in [1.82, 2.24) is 0 Å². The predicted octanol–water partition coefficient (Wildman–Crippen LogP) is 2.40. The van der Waals surface area contributed by atoms with Gasteiger partial charge in [0.15, 0.2) is 0 Å². The van der Waals surface area contributed by atoms with Crippen LogP contribution in [0.1, 0.15) is 60.2 Å². The van der Waals surface area contributed by atoms with Crippen molar-refractivity contribution in [2.45, 2.75) is 39.5 Å². The number of hydrogen-bond acceptors (Lipinski definition) is 5. The maximum atomic E-state index is 12.0. The Bertz CT molecular complexity index is 581. The van der Waals surface area contributed by atoms with Crippen molar-refractivity contribution in [3.63, 3.8) is 0 Å². The highest BCUT2D eigenvalue weighted by Gasteiger charge is 2.23. The van der Waals surface area contributed by atoms with Crippen molar-refractivity contribution in [2.24, 2.45) is 0 Å². The SMILES string of the molecule is CCCCOC(=O)c1cc(C(=O)OCCCC)cc(P(=O)(O)O)c1. The molecule has 24 heavy (non-hydrogen) atoms. The predicted molar refractivity (Wildman–Crippen MR) is 88.5 cm³/mol. The monoisotopic (exact) mass is 358 g/mol. The van der Waals surface area contributed by atoms with Crippen LogP contribution in [0.5, 0.6) is 0 Å². The fourth-order valence-corrected chi connectivity index (χ4v) is 2.41. The first kappa shape index (κ1) is 20.4. The molecular weight excluding hydrogens is 335 g/mol. The molecule has 0 radical (unpaired) electrons. The molecule has 8 heteroatoms. The van der Waals surface area contributed by atoms with E-state index < -0.39 is 24.8 Å². The minimum absolute atomic E-state index is 0.0885. The van der Waals surface area contributed by atoms with Gasteiger partial charge >= 0.3 is 19.5 Å². The van der Waals surface area contributed by atoms with E-state index in [-0.39, 0.29) is 24.3 Å². The van der Waals surface area contributed by atoms with Gasteiger partial charge in [0.2, 0.25) is 0 Å². The molecule has 0 atom stereocenters. The van der Waals surface area contributed by atoms with Gasteiger partial charge in [0.1, 0.15) is 0 Å². The number of ether oxygens (including phenoxy) is 2. The first-order valence-electron chi connectivity index (χ1n) is 7.85. The van der Waals surface area contributed by atoms with Gasteiger partial charge in [-0.15, -0.1) is 0 Å². The number of rotatable bonds is 9. The summed E-state index contributed by atoms with van der Waals surface area (Å²) in [6.07, 6.45) is 3.03. The summed E-state index contributed by atoms with van der Waals surface area (Å²) in [5.74, 6) is -1.47. The average Bonchev–Trinajstić information content (AvgIpc) is 2.53. The molecule has 1 rings (SSSR count). The van der Waals surface area contributed by atoms with E-state index in [4.69, 9.17) is 9.47 Å². The van der Waals surface area contributed by atoms with Gasteiger partial charge in [0, 0.05) is 0 Å². The number of carbonyl (C=O) groups excluding carboxylic acids is 2. The number of benzene rings is 1. The molecule has 0 spiro atoms. The van der Waals surface area contributed by atoms with Crippen molar-refractivity contribution in [3.8, 4) is 0 Å². The lowest BCUT2D eigenvalue weighted by atomic mass is 10.1. The number of carbonyl (C=O) groups is 2. The maximum Gasteiger partial charge on any atom is 0.356 e. The molecule has 0 fully saturated rings. The van der Waals surface area contributed by atoms with Gasteiger partial charge in [-0.3, -0.25) is 4.57 Å². The van der Waals surface area contributed by atoms with E-state index in [0.29, 0.717) is 12.8 Å². The third kappa shape index (κ3) is 6.43. The topological polar surface area (TPSA) is 110 Å². The van der Waals surface area contributed by atoms with Crippen molar-refractivity contribution in [3.05, 3.63) is 29.3 Å². The Balaban J connectivity index is 3.06. The second-order valence-corrected chi connectivity index (χ2v) is 6.90. The fraction of sp³-hybridized carbons (Fsp3) is 0.500. The first-order chi connectivity index (χ1) is 11.3. The molecule has 1 aromatic rings. The highest BCUT2D eigenvalue weighted by atomic mass is 31.2. The summed E-state index contributed by atoms with van der Waals surface area (Å²) in [6, 6.07) is 3.30. The molecule has 0 saturated heterocycles. The normalized spacial score (nSPS) is 11.2. The van der Waals surface area contributed by atoms with E-state index >= 15 is 0 Å². The third-order valence-electron chi connectivity index (χ3n) is 3.19. The number of esters is 2. The molecule has 0 bridgehead atoms. The van der Waals surface area contributed by atoms with Gasteiger partial charge in [-0.1, -0.05) is 26.7 Å². The number of hydrogen-bond donors (Lipinski definition) is 2. The van der Waals surface area contributed by atoms with Crippen molar-refractivity contribution in [2.75, 3.05) is 13.2 Å². The first-order valence-corrected chi connectivity index (χ1v) is 9.46. The van der Waals surface area contributed by atoms with E-state index in [1.807, 2.05) is 13.8 Å². The van der Waals surface area contributed by atoms with Crippen LogP contribution < -0.4 is 5.30 Å². The molecule has 1 aromatic carbocycles. The third-order valence-corrected chi connectivity index (χ3v) is 4.12. The van der Waals surface area contributed by atoms with Gasteiger partial charge in [0.25, 0.3) is 0 Å². The van der Waals surface area contributed by atoms with Gasteiger partial charge in [-0.2, -0.15) is 0 Å². The zero-order valence-electron chi connectivity index (χ0n) is 13.9. The Labute approximate surface area is 141 Å². The smallest absolute Gasteiger partial charge is 0.356 e. The minimum atomic E-state index is -4.63. The molecule has 0 unspecified atom stereocenters. The fourth-order valence-electron chi connectivity index (χ4n) is 1.80. The summed E-state index contributed by atoms with van der Waals surface area (Å²) in [5, 5.41) is -0.421. The molecule has 0 saturated carbocycles. The minimum Gasteiger partial charge on any atom is -0.462 e. The lowest BCUT2D eigenvalue weighted by Gasteiger charge is -2.11. The standard InChI is InChI=1S/C16H23O7P/c1-3-5-7-22-15(17)12-9-13(16(18)23-8-6-4-2)11-14(10-12)24(19,20)21/h9-11H,3-8H2,1-2H3,(H2,19,20,21). The lowest BCUT2D eigenvalue weighted by Crippen LogP contribution is -2.16. The van der Waals surface area contributed by atoms with Crippen LogP contribution in [0.2, 0.25) is 0 Å². The molecule has 0 aliphatic heterocycles. The van der Waals surface area contributed by atoms with Gasteiger partial charge in [-0.25, -0.2) is 9.59 Å². The largest absolute Gasteiger partial charge is 0.462 e. The van der Waals surface area contributed by atoms with E-state index in [0.717, 1.165) is 25.0 Å². The summed E-state index contributed by atoms with van der Waals surface area (Å²) in [5.41, 5.74) is -0.177. The highest BCUT2D eigenvalue weighted by molar-refractivity contribution is 7.60. The van der Waals surface area contributed by atoms with Gasteiger partial charge in [0.05, 0.1) is 29.6 Å². The van der Waals surface area contributed by atoms with E-state index in [1.54, 1.807) is 0 Å². The molecule has 0 aromatic heterocycles. The van der Waals surface area contributed by atoms with Crippen LogP contribution in [-0.2, 0) is 14.0 Å². The van der Waals surface area contributed by atoms with Crippen molar-refractivity contribution < 1.29 is 33.4 Å². The van der Waals surface area contributed by atoms with Crippen LogP contribution >= 0.6 is 7.60 Å². The molecule has 0 heterocycles.